The molecule has 2 aliphatic heterocycles. The largest absolute Gasteiger partial charge is 0.491 e. The summed E-state index contributed by atoms with van der Waals surface area (Å²) in [7, 11) is 1.74. The summed E-state index contributed by atoms with van der Waals surface area (Å²) < 4.78 is 8.28. The standard InChI is InChI=1S/C38H37ClN4O6S/c1-5-42-34(45)24-12-11-23-26(31(24)36(42)47)17-27-35(46)43(37(48)38(27,3)32(23)20-6-9-22(10-7-20)49-15-14-44)30-18-28(40-41(30)4)33-19(2)25-16-21(39)8-13-29(25)50-33/h6-11,13,16,18,24,26-27,31-32,44H,5,12,14-15,17H2,1-4H3/t24-,26+,27-,31-,32-,38+/m0/s1. The van der Waals surface area contributed by atoms with E-state index in [2.05, 4.69) is 6.08 Å². The SMILES string of the molecule is CCN1C(=O)[C@H]2[C@H](CC=C3[C@H]2C[C@H]2C(=O)N(c4cc(-c5sc6ccc(Cl)cc6c5C)nn4C)C(=O)[C@@]2(C)[C@H]3c2ccc(OCCO)cc2)C1=O. The number of fused-ring (bicyclic) bond motifs is 5. The van der Waals surface area contributed by atoms with Crippen LogP contribution in [0.15, 0.2) is 60.2 Å². The Morgan fingerprint density at radius 1 is 1.04 bits per heavy atom. The van der Waals surface area contributed by atoms with E-state index in [1.807, 2.05) is 44.2 Å². The highest BCUT2D eigenvalue weighted by Crippen LogP contribution is 2.63. The predicted molar refractivity (Wildman–Crippen MR) is 190 cm³/mol. The van der Waals surface area contributed by atoms with Gasteiger partial charge in [-0.2, -0.15) is 5.10 Å². The molecule has 4 heterocycles. The van der Waals surface area contributed by atoms with E-state index in [4.69, 9.17) is 21.4 Å². The summed E-state index contributed by atoms with van der Waals surface area (Å²) in [5, 5.41) is 15.7. The number of nitrogens with zero attached hydrogens (tertiary/aromatic N) is 4. The number of carbonyl (C=O) groups excluding carboxylic acids is 4. The first kappa shape index (κ1) is 32.9. The van der Waals surface area contributed by atoms with Crippen LogP contribution in [0.1, 0.15) is 43.7 Å². The fraction of sp³-hybridized carbons (Fsp3) is 0.395. The number of carbonyl (C=O) groups is 4. The molecule has 10 nitrogen and oxygen atoms in total. The summed E-state index contributed by atoms with van der Waals surface area (Å²) in [6.07, 6.45) is 2.75. The number of aliphatic hydroxyl groups excluding tert-OH is 1. The lowest BCUT2D eigenvalue weighted by Gasteiger charge is -2.49. The van der Waals surface area contributed by atoms with Gasteiger partial charge < -0.3 is 9.84 Å². The van der Waals surface area contributed by atoms with Crippen molar-refractivity contribution in [1.29, 1.82) is 0 Å². The summed E-state index contributed by atoms with van der Waals surface area (Å²) in [5.41, 5.74) is 2.25. The molecular formula is C38H37ClN4O6S. The first-order chi connectivity index (χ1) is 24.0. The number of aliphatic hydroxyl groups is 1. The maximum Gasteiger partial charge on any atom is 0.242 e. The highest BCUT2D eigenvalue weighted by atomic mass is 35.5. The van der Waals surface area contributed by atoms with E-state index in [-0.39, 0.29) is 49.2 Å². The zero-order valence-corrected chi connectivity index (χ0v) is 29.8. The van der Waals surface area contributed by atoms with E-state index in [0.717, 1.165) is 31.7 Å². The van der Waals surface area contributed by atoms with E-state index in [1.165, 1.54) is 9.80 Å². The van der Waals surface area contributed by atoms with Crippen LogP contribution in [-0.2, 0) is 26.2 Å². The third-order valence-electron chi connectivity index (χ3n) is 11.5. The van der Waals surface area contributed by atoms with E-state index >= 15 is 0 Å². The molecule has 2 aromatic carbocycles. The van der Waals surface area contributed by atoms with Crippen LogP contribution in [0.25, 0.3) is 20.7 Å². The first-order valence-corrected chi connectivity index (χ1v) is 18.2. The minimum atomic E-state index is -1.18. The summed E-state index contributed by atoms with van der Waals surface area (Å²) >= 11 is 7.88. The van der Waals surface area contributed by atoms with Crippen molar-refractivity contribution in [1.82, 2.24) is 14.7 Å². The molecule has 6 atom stereocenters. The van der Waals surface area contributed by atoms with Crippen LogP contribution in [0, 0.1) is 36.0 Å². The number of thiophene rings is 1. The second-order valence-electron chi connectivity index (χ2n) is 13.9. The van der Waals surface area contributed by atoms with Crippen molar-refractivity contribution in [3.63, 3.8) is 0 Å². The average molecular weight is 713 g/mol. The number of hydrogen-bond acceptors (Lipinski definition) is 8. The monoisotopic (exact) mass is 712 g/mol. The van der Waals surface area contributed by atoms with E-state index < -0.39 is 29.1 Å². The Labute approximate surface area is 298 Å². The zero-order chi connectivity index (χ0) is 35.2. The van der Waals surface area contributed by atoms with Crippen molar-refractivity contribution in [2.75, 3.05) is 24.7 Å². The molecule has 0 bridgehead atoms. The molecule has 1 N–H and O–H groups in total. The molecule has 258 valence electrons. The van der Waals surface area contributed by atoms with Crippen molar-refractivity contribution in [3.8, 4) is 16.3 Å². The van der Waals surface area contributed by atoms with Gasteiger partial charge >= 0.3 is 0 Å². The number of halogens is 1. The lowest BCUT2D eigenvalue weighted by atomic mass is 9.51. The quantitative estimate of drug-likeness (QED) is 0.188. The molecule has 8 rings (SSSR count). The normalized spacial score (nSPS) is 27.6. The molecule has 3 fully saturated rings. The van der Waals surface area contributed by atoms with Gasteiger partial charge in [-0.25, -0.2) is 4.90 Å². The number of aromatic nitrogens is 2. The number of benzene rings is 2. The molecule has 4 aliphatic rings. The molecule has 12 heteroatoms. The van der Waals surface area contributed by atoms with Crippen molar-refractivity contribution >= 4 is 62.5 Å². The fourth-order valence-electron chi connectivity index (χ4n) is 9.13. The van der Waals surface area contributed by atoms with Gasteiger partial charge in [0.25, 0.3) is 0 Å². The van der Waals surface area contributed by atoms with Gasteiger partial charge in [0.2, 0.25) is 23.6 Å². The summed E-state index contributed by atoms with van der Waals surface area (Å²) in [4.78, 5) is 60.4. The van der Waals surface area contributed by atoms with Crippen molar-refractivity contribution in [2.45, 2.75) is 39.5 Å². The Morgan fingerprint density at radius 2 is 1.80 bits per heavy atom. The molecule has 1 saturated carbocycles. The number of anilines is 1. The second-order valence-corrected chi connectivity index (χ2v) is 15.4. The summed E-state index contributed by atoms with van der Waals surface area (Å²) in [6, 6.07) is 15.0. The number of hydrogen-bond donors (Lipinski definition) is 1. The minimum absolute atomic E-state index is 0.123. The lowest BCUT2D eigenvalue weighted by molar-refractivity contribution is -0.140. The van der Waals surface area contributed by atoms with Crippen LogP contribution >= 0.6 is 22.9 Å². The second kappa shape index (κ2) is 11.9. The van der Waals surface area contributed by atoms with Gasteiger partial charge in [0, 0.05) is 35.3 Å². The number of imide groups is 2. The molecule has 0 radical (unpaired) electrons. The maximum atomic E-state index is 15.0. The van der Waals surface area contributed by atoms with Crippen molar-refractivity contribution < 1.29 is 29.0 Å². The van der Waals surface area contributed by atoms with E-state index in [9.17, 15) is 24.3 Å². The van der Waals surface area contributed by atoms with Gasteiger partial charge in [0.15, 0.2) is 0 Å². The highest BCUT2D eigenvalue weighted by molar-refractivity contribution is 7.22. The molecule has 50 heavy (non-hydrogen) atoms. The smallest absolute Gasteiger partial charge is 0.242 e. The Bertz CT molecular complexity index is 2140. The third-order valence-corrected chi connectivity index (χ3v) is 13.0. The number of aryl methyl sites for hydroxylation is 2. The van der Waals surface area contributed by atoms with E-state index in [1.54, 1.807) is 48.2 Å². The van der Waals surface area contributed by atoms with Crippen molar-refractivity contribution in [2.24, 2.45) is 36.1 Å². The van der Waals surface area contributed by atoms with Gasteiger partial charge in [-0.15, -0.1) is 11.3 Å². The van der Waals surface area contributed by atoms with Crippen LogP contribution in [0.4, 0.5) is 5.82 Å². The molecule has 2 saturated heterocycles. The molecular weight excluding hydrogens is 676 g/mol. The number of allylic oxidation sites excluding steroid dienone is 2. The molecule has 2 aromatic heterocycles. The van der Waals surface area contributed by atoms with Crippen LogP contribution in [0.5, 0.6) is 5.75 Å². The molecule has 0 spiro atoms. The average Bonchev–Trinajstić information content (AvgIpc) is 3.77. The number of likely N-dealkylation sites (tertiary alicyclic amines) is 1. The van der Waals surface area contributed by atoms with Gasteiger partial charge in [0.05, 0.1) is 34.7 Å². The van der Waals surface area contributed by atoms with Gasteiger partial charge in [-0.1, -0.05) is 35.4 Å². The predicted octanol–water partition coefficient (Wildman–Crippen LogP) is 5.89. The highest BCUT2D eigenvalue weighted by Gasteiger charge is 2.67. The van der Waals surface area contributed by atoms with E-state index in [0.29, 0.717) is 35.2 Å². The van der Waals surface area contributed by atoms with Crippen molar-refractivity contribution in [3.05, 3.63) is 76.3 Å². The first-order valence-electron chi connectivity index (χ1n) is 17.0. The van der Waals surface area contributed by atoms with Crippen LogP contribution in [-0.4, -0.2) is 63.2 Å². The Balaban J connectivity index is 1.23. The molecule has 4 amide bonds. The summed E-state index contributed by atoms with van der Waals surface area (Å²) in [6.45, 7) is 6.01. The lowest BCUT2D eigenvalue weighted by Crippen LogP contribution is -2.48. The van der Waals surface area contributed by atoms with Crippen LogP contribution < -0.4 is 9.64 Å². The number of amides is 4. The van der Waals surface area contributed by atoms with Gasteiger partial charge in [-0.3, -0.25) is 28.8 Å². The third kappa shape index (κ3) is 4.59. The maximum absolute atomic E-state index is 15.0. The molecule has 2 aliphatic carbocycles. The Hall–Kier alpha value is -4.32. The zero-order valence-electron chi connectivity index (χ0n) is 28.2. The fourth-order valence-corrected chi connectivity index (χ4v) is 10.4. The molecule has 4 aromatic rings. The minimum Gasteiger partial charge on any atom is -0.491 e. The van der Waals surface area contributed by atoms with Gasteiger partial charge in [0.1, 0.15) is 23.9 Å². The number of ether oxygens (including phenoxy) is 1. The van der Waals surface area contributed by atoms with Gasteiger partial charge in [-0.05, 0) is 86.4 Å². The summed E-state index contributed by atoms with van der Waals surface area (Å²) in [5.74, 6) is -2.75. The number of rotatable bonds is 7. The molecule has 0 unspecified atom stereocenters. The Kier molecular flexibility index (Phi) is 7.81. The Morgan fingerprint density at radius 3 is 2.52 bits per heavy atom. The van der Waals surface area contributed by atoms with Crippen LogP contribution in [0.2, 0.25) is 5.02 Å². The van der Waals surface area contributed by atoms with Crippen LogP contribution in [0.3, 0.4) is 0 Å². The topological polar surface area (TPSA) is 122 Å².